The van der Waals surface area contributed by atoms with Crippen LogP contribution < -0.4 is 11.1 Å². The standard InChI is InChI=1S/C14H28N4O/c1-12(9-15)14(17-11-16-2)18-7-4-5-13(10-18)6-8-19-3/h11,13H,4-10,15H2,1-3H3,(H,16,17)/b14-12+. The van der Waals surface area contributed by atoms with E-state index in [-0.39, 0.29) is 0 Å². The predicted octanol–water partition coefficient (Wildman–Crippen LogP) is 1.17. The number of aliphatic imine (C=N–C) groups is 1. The first-order chi connectivity index (χ1) is 9.22. The summed E-state index contributed by atoms with van der Waals surface area (Å²) < 4.78 is 5.19. The highest BCUT2D eigenvalue weighted by atomic mass is 16.5. The molecule has 5 nitrogen and oxygen atoms in total. The fourth-order valence-electron chi connectivity index (χ4n) is 2.50. The Morgan fingerprint density at radius 1 is 1.58 bits per heavy atom. The summed E-state index contributed by atoms with van der Waals surface area (Å²) in [4.78, 5) is 6.39. The first kappa shape index (κ1) is 16.0. The summed E-state index contributed by atoms with van der Waals surface area (Å²) >= 11 is 0. The molecule has 1 aliphatic heterocycles. The number of hydrogen-bond donors (Lipinski definition) is 2. The van der Waals surface area contributed by atoms with Crippen LogP contribution in [0.5, 0.6) is 0 Å². The topological polar surface area (TPSA) is 62.9 Å². The molecule has 3 N–H and O–H groups in total. The monoisotopic (exact) mass is 268 g/mol. The van der Waals surface area contributed by atoms with Crippen molar-refractivity contribution in [2.45, 2.75) is 26.2 Å². The molecule has 1 unspecified atom stereocenters. The highest BCUT2D eigenvalue weighted by Gasteiger charge is 2.22. The Kier molecular flexibility index (Phi) is 7.52. The average molecular weight is 268 g/mol. The van der Waals surface area contributed by atoms with Crippen molar-refractivity contribution >= 4 is 6.34 Å². The molecular weight excluding hydrogens is 240 g/mol. The van der Waals surface area contributed by atoms with Gasteiger partial charge in [-0.1, -0.05) is 0 Å². The minimum absolute atomic E-state index is 0.569. The molecule has 0 aromatic carbocycles. The zero-order chi connectivity index (χ0) is 14.1. The third kappa shape index (κ3) is 5.20. The minimum atomic E-state index is 0.569. The van der Waals surface area contributed by atoms with Crippen LogP contribution in [0.3, 0.4) is 0 Å². The van der Waals surface area contributed by atoms with E-state index in [2.05, 4.69) is 22.1 Å². The summed E-state index contributed by atoms with van der Waals surface area (Å²) in [6.45, 7) is 5.64. The van der Waals surface area contributed by atoms with Crippen molar-refractivity contribution in [2.24, 2.45) is 16.6 Å². The maximum Gasteiger partial charge on any atom is 0.107 e. The molecule has 1 atom stereocenters. The van der Waals surface area contributed by atoms with Crippen LogP contribution >= 0.6 is 0 Å². The molecule has 19 heavy (non-hydrogen) atoms. The summed E-state index contributed by atoms with van der Waals surface area (Å²) in [5.41, 5.74) is 6.95. The number of methoxy groups -OCH3 is 1. The molecule has 5 heteroatoms. The van der Waals surface area contributed by atoms with Gasteiger partial charge < -0.3 is 20.7 Å². The van der Waals surface area contributed by atoms with Gasteiger partial charge >= 0.3 is 0 Å². The van der Waals surface area contributed by atoms with E-state index >= 15 is 0 Å². The molecular formula is C14H28N4O. The van der Waals surface area contributed by atoms with Crippen LogP contribution in [0.1, 0.15) is 26.2 Å². The molecule has 0 spiro atoms. The van der Waals surface area contributed by atoms with Crippen molar-refractivity contribution in [1.82, 2.24) is 10.2 Å². The Hall–Kier alpha value is -1.07. The van der Waals surface area contributed by atoms with Gasteiger partial charge in [0.25, 0.3) is 0 Å². The van der Waals surface area contributed by atoms with Crippen molar-refractivity contribution in [3.05, 3.63) is 11.4 Å². The molecule has 0 aromatic heterocycles. The van der Waals surface area contributed by atoms with Gasteiger partial charge in [0.05, 0.1) is 6.34 Å². The summed E-state index contributed by atoms with van der Waals surface area (Å²) in [6.07, 6.45) is 5.37. The number of rotatable bonds is 7. The number of nitrogens with zero attached hydrogens (tertiary/aromatic N) is 2. The molecule has 0 saturated carbocycles. The van der Waals surface area contributed by atoms with Crippen LogP contribution in [-0.2, 0) is 4.74 Å². The van der Waals surface area contributed by atoms with E-state index in [0.29, 0.717) is 12.5 Å². The second-order valence-electron chi connectivity index (χ2n) is 5.10. The number of nitrogens with one attached hydrogen (secondary N) is 1. The Morgan fingerprint density at radius 3 is 3.00 bits per heavy atom. The van der Waals surface area contributed by atoms with Crippen molar-refractivity contribution in [3.63, 3.8) is 0 Å². The number of nitrogens with two attached hydrogens (primary N) is 1. The molecule has 0 aliphatic carbocycles. The third-order valence-corrected chi connectivity index (χ3v) is 3.61. The number of likely N-dealkylation sites (tertiary alicyclic amines) is 1. The van der Waals surface area contributed by atoms with Crippen LogP contribution in [0.4, 0.5) is 0 Å². The van der Waals surface area contributed by atoms with Gasteiger partial charge in [-0.15, -0.1) is 0 Å². The molecule has 1 saturated heterocycles. The molecule has 1 fully saturated rings. The number of hydrogen-bond acceptors (Lipinski definition) is 4. The van der Waals surface area contributed by atoms with Gasteiger partial charge in [0.1, 0.15) is 5.82 Å². The van der Waals surface area contributed by atoms with Crippen LogP contribution in [0, 0.1) is 5.92 Å². The van der Waals surface area contributed by atoms with Gasteiger partial charge in [-0.2, -0.15) is 0 Å². The fourth-order valence-corrected chi connectivity index (χ4v) is 2.50. The van der Waals surface area contributed by atoms with E-state index in [1.165, 1.54) is 18.4 Å². The van der Waals surface area contributed by atoms with E-state index in [4.69, 9.17) is 10.5 Å². The highest BCUT2D eigenvalue weighted by molar-refractivity contribution is 5.57. The van der Waals surface area contributed by atoms with Gasteiger partial charge in [-0.05, 0) is 37.7 Å². The number of ether oxygens (including phenoxy) is 1. The predicted molar refractivity (Wildman–Crippen MR) is 80.1 cm³/mol. The summed E-state index contributed by atoms with van der Waals surface area (Å²) in [6, 6.07) is 0. The highest BCUT2D eigenvalue weighted by Crippen LogP contribution is 2.22. The average Bonchev–Trinajstić information content (AvgIpc) is 2.45. The van der Waals surface area contributed by atoms with E-state index in [1.54, 1.807) is 20.5 Å². The number of piperidine rings is 1. The second kappa shape index (κ2) is 8.93. The largest absolute Gasteiger partial charge is 0.385 e. The molecule has 1 heterocycles. The van der Waals surface area contributed by atoms with Crippen molar-refractivity contribution in [2.75, 3.05) is 40.4 Å². The Bertz CT molecular complexity index is 315. The summed E-state index contributed by atoms with van der Waals surface area (Å²) in [7, 11) is 3.53. The van der Waals surface area contributed by atoms with Gasteiger partial charge in [0.15, 0.2) is 0 Å². The van der Waals surface area contributed by atoms with Crippen LogP contribution in [-0.4, -0.2) is 51.6 Å². The van der Waals surface area contributed by atoms with Crippen molar-refractivity contribution in [1.29, 1.82) is 0 Å². The summed E-state index contributed by atoms with van der Waals surface area (Å²) in [5, 5.41) is 3.27. The third-order valence-electron chi connectivity index (χ3n) is 3.61. The van der Waals surface area contributed by atoms with Gasteiger partial charge in [-0.25, -0.2) is 0 Å². The fraction of sp³-hybridized carbons (Fsp3) is 0.786. The summed E-state index contributed by atoms with van der Waals surface area (Å²) in [5.74, 6) is 1.82. The Balaban J connectivity index is 2.67. The van der Waals surface area contributed by atoms with Gasteiger partial charge in [0.2, 0.25) is 0 Å². The van der Waals surface area contributed by atoms with E-state index in [9.17, 15) is 0 Å². The lowest BCUT2D eigenvalue weighted by atomic mass is 9.95. The maximum atomic E-state index is 5.78. The lowest BCUT2D eigenvalue weighted by Gasteiger charge is -2.36. The van der Waals surface area contributed by atoms with Gasteiger partial charge in [-0.3, -0.25) is 4.99 Å². The zero-order valence-corrected chi connectivity index (χ0v) is 12.5. The van der Waals surface area contributed by atoms with E-state index < -0.39 is 0 Å². The van der Waals surface area contributed by atoms with Crippen LogP contribution in [0.15, 0.2) is 16.4 Å². The molecule has 110 valence electrons. The maximum absolute atomic E-state index is 5.78. The minimum Gasteiger partial charge on any atom is -0.385 e. The van der Waals surface area contributed by atoms with E-state index in [1.807, 2.05) is 0 Å². The van der Waals surface area contributed by atoms with Crippen LogP contribution in [0.25, 0.3) is 0 Å². The Morgan fingerprint density at radius 2 is 2.37 bits per heavy atom. The van der Waals surface area contributed by atoms with Crippen molar-refractivity contribution in [3.8, 4) is 0 Å². The molecule has 0 bridgehead atoms. The molecule has 0 radical (unpaired) electrons. The Labute approximate surface area is 116 Å². The van der Waals surface area contributed by atoms with Crippen LogP contribution in [0.2, 0.25) is 0 Å². The smallest absolute Gasteiger partial charge is 0.107 e. The first-order valence-electron chi connectivity index (χ1n) is 7.03. The zero-order valence-electron chi connectivity index (χ0n) is 12.5. The first-order valence-corrected chi connectivity index (χ1v) is 7.03. The molecule has 1 aliphatic rings. The van der Waals surface area contributed by atoms with E-state index in [0.717, 1.165) is 31.9 Å². The quantitative estimate of drug-likeness (QED) is 0.537. The molecule has 0 aromatic rings. The normalized spacial score (nSPS) is 21.7. The molecule has 1 rings (SSSR count). The lowest BCUT2D eigenvalue weighted by Crippen LogP contribution is -2.40. The second-order valence-corrected chi connectivity index (χ2v) is 5.10. The van der Waals surface area contributed by atoms with Gasteiger partial charge in [0, 0.05) is 40.4 Å². The lowest BCUT2D eigenvalue weighted by molar-refractivity contribution is 0.141. The van der Waals surface area contributed by atoms with Crippen molar-refractivity contribution < 1.29 is 4.74 Å². The molecule has 0 amide bonds. The SMILES string of the molecule is CN=CN/C(=C(/C)CN)N1CCCC(CCOC)C1.